The number of fused-ring (bicyclic) bond motifs is 1. The lowest BCUT2D eigenvalue weighted by molar-refractivity contribution is 0.120. The summed E-state index contributed by atoms with van der Waals surface area (Å²) >= 11 is 0. The van der Waals surface area contributed by atoms with Gasteiger partial charge in [0.15, 0.2) is 0 Å². The number of aromatic nitrogens is 3. The molecule has 144 valence electrons. The van der Waals surface area contributed by atoms with E-state index < -0.39 is 0 Å². The zero-order valence-electron chi connectivity index (χ0n) is 16.3. The number of aryl methyl sites for hydroxylation is 2. The highest BCUT2D eigenvalue weighted by Crippen LogP contribution is 2.29. The molecule has 2 aliphatic heterocycles. The Morgan fingerprint density at radius 2 is 2.11 bits per heavy atom. The Kier molecular flexibility index (Phi) is 4.86. The molecule has 0 radical (unpaired) electrons. The molecule has 0 aliphatic carbocycles. The van der Waals surface area contributed by atoms with Crippen LogP contribution in [0.2, 0.25) is 0 Å². The van der Waals surface area contributed by atoms with E-state index in [-0.39, 0.29) is 18.2 Å². The first-order chi connectivity index (χ1) is 13.1. The summed E-state index contributed by atoms with van der Waals surface area (Å²) in [5, 5.41) is 4.62. The summed E-state index contributed by atoms with van der Waals surface area (Å²) < 4.78 is 7.70. The summed E-state index contributed by atoms with van der Waals surface area (Å²) in [5.41, 5.74) is 4.62. The van der Waals surface area contributed by atoms with Crippen LogP contribution in [0.5, 0.6) is 0 Å². The first-order valence-electron chi connectivity index (χ1n) is 9.69. The smallest absolute Gasteiger partial charge is 0.410 e. The number of hydrogen-bond donors (Lipinski definition) is 0. The van der Waals surface area contributed by atoms with Crippen LogP contribution in [0.1, 0.15) is 29.6 Å². The number of carbonyl (C=O) groups excluding carboxylic acids is 1. The molecule has 0 spiro atoms. The molecule has 2 saturated heterocycles. The Morgan fingerprint density at radius 3 is 2.81 bits per heavy atom. The number of nitrogens with zero attached hydrogens (tertiary/aromatic N) is 5. The van der Waals surface area contributed by atoms with Gasteiger partial charge in [-0.2, -0.15) is 5.10 Å². The second kappa shape index (κ2) is 7.31. The molecule has 7 nitrogen and oxygen atoms in total. The molecule has 0 N–H and O–H groups in total. The van der Waals surface area contributed by atoms with Crippen LogP contribution < -0.4 is 0 Å². The van der Waals surface area contributed by atoms with Crippen molar-refractivity contribution in [2.24, 2.45) is 0 Å². The first-order valence-corrected chi connectivity index (χ1v) is 9.69. The topological polar surface area (TPSA) is 63.5 Å². The van der Waals surface area contributed by atoms with Gasteiger partial charge in [0.25, 0.3) is 0 Å². The standard InChI is InChI=1S/C20H27N5O2/c1-4-25-15(3)17(14(2)22-25)11-23-12-18-19(13-23)27-20(26)24(18)10-8-16-7-5-6-9-21-16/h5-7,9,18-19H,4,8,10-13H2,1-3H3/t18-,19+/m0/s1. The summed E-state index contributed by atoms with van der Waals surface area (Å²) in [6, 6.07) is 6.01. The number of hydrogen-bond acceptors (Lipinski definition) is 5. The van der Waals surface area contributed by atoms with Crippen molar-refractivity contribution in [3.8, 4) is 0 Å². The lowest BCUT2D eigenvalue weighted by Crippen LogP contribution is -2.39. The minimum atomic E-state index is -0.188. The maximum absolute atomic E-state index is 12.3. The zero-order valence-corrected chi connectivity index (χ0v) is 16.3. The van der Waals surface area contributed by atoms with Crippen molar-refractivity contribution >= 4 is 6.09 Å². The molecule has 2 fully saturated rings. The molecule has 2 aromatic heterocycles. The fourth-order valence-electron chi connectivity index (χ4n) is 4.24. The summed E-state index contributed by atoms with van der Waals surface area (Å²) in [4.78, 5) is 20.9. The highest BCUT2D eigenvalue weighted by Gasteiger charge is 2.47. The number of carbonyl (C=O) groups is 1. The van der Waals surface area contributed by atoms with Gasteiger partial charge in [0.05, 0.1) is 11.7 Å². The Labute approximate surface area is 159 Å². The van der Waals surface area contributed by atoms with Gasteiger partial charge in [0.1, 0.15) is 6.10 Å². The van der Waals surface area contributed by atoms with E-state index in [2.05, 4.69) is 40.4 Å². The molecular weight excluding hydrogens is 342 g/mol. The van der Waals surface area contributed by atoms with Gasteiger partial charge in [0.2, 0.25) is 0 Å². The van der Waals surface area contributed by atoms with Gasteiger partial charge in [-0.25, -0.2) is 4.79 Å². The number of likely N-dealkylation sites (tertiary alicyclic amines) is 1. The van der Waals surface area contributed by atoms with Crippen molar-refractivity contribution in [3.05, 3.63) is 47.0 Å². The highest BCUT2D eigenvalue weighted by molar-refractivity contribution is 5.71. The van der Waals surface area contributed by atoms with Crippen LogP contribution in [0, 0.1) is 13.8 Å². The van der Waals surface area contributed by atoms with Crippen molar-refractivity contribution in [3.63, 3.8) is 0 Å². The quantitative estimate of drug-likeness (QED) is 0.781. The molecule has 0 aromatic carbocycles. The van der Waals surface area contributed by atoms with Gasteiger partial charge in [0, 0.05) is 62.3 Å². The van der Waals surface area contributed by atoms with Crippen molar-refractivity contribution < 1.29 is 9.53 Å². The first kappa shape index (κ1) is 18.0. The maximum Gasteiger partial charge on any atom is 0.410 e. The van der Waals surface area contributed by atoms with Crippen LogP contribution in [0.3, 0.4) is 0 Å². The Morgan fingerprint density at radius 1 is 1.26 bits per heavy atom. The predicted octanol–water partition coefficient (Wildman–Crippen LogP) is 2.16. The molecule has 0 saturated carbocycles. The average Bonchev–Trinajstić information content (AvgIpc) is 3.27. The predicted molar refractivity (Wildman–Crippen MR) is 101 cm³/mol. The third-order valence-corrected chi connectivity index (χ3v) is 5.75. The molecule has 2 aromatic rings. The van der Waals surface area contributed by atoms with E-state index in [9.17, 15) is 4.79 Å². The largest absolute Gasteiger partial charge is 0.442 e. The van der Waals surface area contributed by atoms with Gasteiger partial charge in [-0.05, 0) is 32.9 Å². The lowest BCUT2D eigenvalue weighted by atomic mass is 10.2. The van der Waals surface area contributed by atoms with Crippen LogP contribution in [0.4, 0.5) is 4.79 Å². The lowest BCUT2D eigenvalue weighted by Gasteiger charge is -2.22. The normalized spacial score (nSPS) is 22.3. The monoisotopic (exact) mass is 369 g/mol. The van der Waals surface area contributed by atoms with Gasteiger partial charge < -0.3 is 4.74 Å². The molecule has 4 rings (SSSR count). The van der Waals surface area contributed by atoms with Crippen LogP contribution in [-0.2, 0) is 24.2 Å². The third-order valence-electron chi connectivity index (χ3n) is 5.75. The summed E-state index contributed by atoms with van der Waals surface area (Å²) in [5.74, 6) is 0. The summed E-state index contributed by atoms with van der Waals surface area (Å²) in [6.45, 7) is 10.3. The zero-order chi connectivity index (χ0) is 19.0. The summed E-state index contributed by atoms with van der Waals surface area (Å²) in [6.07, 6.45) is 2.31. The Bertz CT molecular complexity index is 819. The van der Waals surface area contributed by atoms with E-state index in [1.54, 1.807) is 6.20 Å². The van der Waals surface area contributed by atoms with Crippen LogP contribution in [0.25, 0.3) is 0 Å². The Hall–Kier alpha value is -2.41. The van der Waals surface area contributed by atoms with E-state index >= 15 is 0 Å². The molecule has 0 bridgehead atoms. The minimum absolute atomic E-state index is 0.0388. The van der Waals surface area contributed by atoms with Crippen LogP contribution in [-0.4, -0.2) is 62.4 Å². The van der Waals surface area contributed by atoms with Gasteiger partial charge in [-0.1, -0.05) is 6.07 Å². The Balaban J connectivity index is 1.41. The van der Waals surface area contributed by atoms with E-state index in [0.29, 0.717) is 6.54 Å². The van der Waals surface area contributed by atoms with Gasteiger partial charge >= 0.3 is 6.09 Å². The van der Waals surface area contributed by atoms with Gasteiger partial charge in [-0.3, -0.25) is 19.5 Å². The molecule has 7 heteroatoms. The van der Waals surface area contributed by atoms with Crippen LogP contribution in [0.15, 0.2) is 24.4 Å². The molecular formula is C20H27N5O2. The van der Waals surface area contributed by atoms with Crippen molar-refractivity contribution in [2.75, 3.05) is 19.6 Å². The van der Waals surface area contributed by atoms with Crippen molar-refractivity contribution in [2.45, 2.75) is 52.4 Å². The highest BCUT2D eigenvalue weighted by atomic mass is 16.6. The van der Waals surface area contributed by atoms with Crippen LogP contribution >= 0.6 is 0 Å². The fourth-order valence-corrected chi connectivity index (χ4v) is 4.24. The number of ether oxygens (including phenoxy) is 1. The number of rotatable bonds is 6. The van der Waals surface area contributed by atoms with Crippen molar-refractivity contribution in [1.82, 2.24) is 24.6 Å². The van der Waals surface area contributed by atoms with Crippen molar-refractivity contribution in [1.29, 1.82) is 0 Å². The van der Waals surface area contributed by atoms with E-state index in [1.807, 2.05) is 23.1 Å². The second-order valence-electron chi connectivity index (χ2n) is 7.41. The molecule has 4 heterocycles. The SMILES string of the molecule is CCn1nc(C)c(CN2C[C@H]3OC(=O)N(CCc4ccccn4)[C@H]3C2)c1C. The molecule has 1 amide bonds. The van der Waals surface area contributed by atoms with E-state index in [4.69, 9.17) is 4.74 Å². The maximum atomic E-state index is 12.3. The third kappa shape index (κ3) is 3.43. The molecule has 2 atom stereocenters. The van der Waals surface area contributed by atoms with Gasteiger partial charge in [-0.15, -0.1) is 0 Å². The molecule has 27 heavy (non-hydrogen) atoms. The molecule has 2 aliphatic rings. The van der Waals surface area contributed by atoms with E-state index in [0.717, 1.165) is 44.0 Å². The number of pyridine rings is 1. The minimum Gasteiger partial charge on any atom is -0.442 e. The number of amides is 1. The molecule has 0 unspecified atom stereocenters. The fraction of sp³-hybridized carbons (Fsp3) is 0.550. The average molecular weight is 369 g/mol. The second-order valence-corrected chi connectivity index (χ2v) is 7.41. The summed E-state index contributed by atoms with van der Waals surface area (Å²) in [7, 11) is 0. The van der Waals surface area contributed by atoms with E-state index in [1.165, 1.54) is 11.3 Å².